The summed E-state index contributed by atoms with van der Waals surface area (Å²) in [7, 11) is 3.36. The summed E-state index contributed by atoms with van der Waals surface area (Å²) < 4.78 is 16.2. The first-order chi connectivity index (χ1) is 8.72. The van der Waals surface area contributed by atoms with Crippen LogP contribution in [0.15, 0.2) is 18.2 Å². The lowest BCUT2D eigenvalue weighted by Gasteiger charge is -2.31. The maximum atomic E-state index is 5.55. The minimum atomic E-state index is 0.308. The van der Waals surface area contributed by atoms with Crippen LogP contribution < -0.4 is 9.47 Å². The van der Waals surface area contributed by atoms with Crippen LogP contribution in [-0.2, 0) is 11.3 Å². The van der Waals surface area contributed by atoms with E-state index in [0.29, 0.717) is 6.10 Å². The van der Waals surface area contributed by atoms with Gasteiger partial charge in [0.25, 0.3) is 0 Å². The molecule has 100 valence electrons. The average Bonchev–Trinajstić information content (AvgIpc) is 2.39. The van der Waals surface area contributed by atoms with Crippen molar-refractivity contribution < 1.29 is 14.2 Å². The lowest BCUT2D eigenvalue weighted by molar-refractivity contribution is -0.0214. The van der Waals surface area contributed by atoms with Crippen molar-refractivity contribution in [2.45, 2.75) is 19.6 Å². The Labute approximate surface area is 108 Å². The van der Waals surface area contributed by atoms with Crippen LogP contribution in [0.4, 0.5) is 0 Å². The maximum absolute atomic E-state index is 5.55. The third-order valence-corrected chi connectivity index (χ3v) is 3.21. The van der Waals surface area contributed by atoms with Gasteiger partial charge in [-0.25, -0.2) is 0 Å². The smallest absolute Gasteiger partial charge is 0.127 e. The number of ether oxygens (including phenoxy) is 3. The summed E-state index contributed by atoms with van der Waals surface area (Å²) in [5.74, 6) is 1.71. The highest BCUT2D eigenvalue weighted by molar-refractivity contribution is 5.40. The fourth-order valence-electron chi connectivity index (χ4n) is 2.26. The molecule has 18 heavy (non-hydrogen) atoms. The van der Waals surface area contributed by atoms with Gasteiger partial charge in [-0.1, -0.05) is 6.07 Å². The molecule has 1 aromatic rings. The van der Waals surface area contributed by atoms with E-state index < -0.39 is 0 Å². The monoisotopic (exact) mass is 251 g/mol. The standard InChI is InChI=1S/C14H21NO3/c1-11-9-15(6-7-18-11)10-12-4-5-13(16-2)8-14(12)17-3/h4-5,8,11H,6-7,9-10H2,1-3H3. The number of morpholine rings is 1. The van der Waals surface area contributed by atoms with Gasteiger partial charge >= 0.3 is 0 Å². The molecule has 1 heterocycles. The van der Waals surface area contributed by atoms with E-state index in [1.165, 1.54) is 5.56 Å². The van der Waals surface area contributed by atoms with Gasteiger partial charge in [-0.2, -0.15) is 0 Å². The molecule has 0 bridgehead atoms. The van der Waals surface area contributed by atoms with Gasteiger partial charge in [0, 0.05) is 31.3 Å². The average molecular weight is 251 g/mol. The van der Waals surface area contributed by atoms with Crippen LogP contribution in [0.5, 0.6) is 11.5 Å². The van der Waals surface area contributed by atoms with Crippen LogP contribution in [0, 0.1) is 0 Å². The summed E-state index contributed by atoms with van der Waals surface area (Å²) in [5, 5.41) is 0. The quantitative estimate of drug-likeness (QED) is 0.818. The van der Waals surface area contributed by atoms with Crippen molar-refractivity contribution in [1.82, 2.24) is 4.90 Å². The van der Waals surface area contributed by atoms with Gasteiger partial charge in [-0.05, 0) is 13.0 Å². The molecule has 0 aliphatic carbocycles. The highest BCUT2D eigenvalue weighted by Gasteiger charge is 2.18. The zero-order valence-electron chi connectivity index (χ0n) is 11.3. The second-order valence-corrected chi connectivity index (χ2v) is 4.59. The van der Waals surface area contributed by atoms with Gasteiger partial charge in [0.1, 0.15) is 11.5 Å². The lowest BCUT2D eigenvalue weighted by atomic mass is 10.1. The van der Waals surface area contributed by atoms with Gasteiger partial charge in [0.05, 0.1) is 26.9 Å². The van der Waals surface area contributed by atoms with Crippen LogP contribution in [0.1, 0.15) is 12.5 Å². The van der Waals surface area contributed by atoms with Crippen molar-refractivity contribution in [1.29, 1.82) is 0 Å². The minimum absolute atomic E-state index is 0.308. The van der Waals surface area contributed by atoms with E-state index in [1.54, 1.807) is 14.2 Å². The molecular formula is C14H21NO3. The van der Waals surface area contributed by atoms with Crippen molar-refractivity contribution >= 4 is 0 Å². The first-order valence-electron chi connectivity index (χ1n) is 6.27. The molecule has 0 radical (unpaired) electrons. The summed E-state index contributed by atoms with van der Waals surface area (Å²) in [5.41, 5.74) is 1.19. The summed E-state index contributed by atoms with van der Waals surface area (Å²) in [4.78, 5) is 2.39. The Morgan fingerprint density at radius 1 is 1.33 bits per heavy atom. The molecule has 1 aliphatic rings. The van der Waals surface area contributed by atoms with E-state index in [2.05, 4.69) is 17.9 Å². The number of hydrogen-bond donors (Lipinski definition) is 0. The SMILES string of the molecule is COc1ccc(CN2CCOC(C)C2)c(OC)c1. The Bertz CT molecular complexity index is 395. The number of nitrogens with zero attached hydrogens (tertiary/aromatic N) is 1. The van der Waals surface area contributed by atoms with E-state index in [9.17, 15) is 0 Å². The van der Waals surface area contributed by atoms with Crippen LogP contribution in [0.3, 0.4) is 0 Å². The van der Waals surface area contributed by atoms with Crippen molar-refractivity contribution in [3.8, 4) is 11.5 Å². The third kappa shape index (κ3) is 3.15. The van der Waals surface area contributed by atoms with E-state index in [-0.39, 0.29) is 0 Å². The zero-order chi connectivity index (χ0) is 13.0. The Hall–Kier alpha value is -1.26. The highest BCUT2D eigenvalue weighted by atomic mass is 16.5. The molecule has 0 N–H and O–H groups in total. The molecule has 1 fully saturated rings. The molecule has 0 saturated carbocycles. The topological polar surface area (TPSA) is 30.9 Å². The van der Waals surface area contributed by atoms with Crippen LogP contribution in [0.2, 0.25) is 0 Å². The zero-order valence-corrected chi connectivity index (χ0v) is 11.3. The molecule has 2 rings (SSSR count). The van der Waals surface area contributed by atoms with E-state index in [1.807, 2.05) is 12.1 Å². The molecule has 0 spiro atoms. The van der Waals surface area contributed by atoms with Gasteiger partial charge in [-0.3, -0.25) is 4.90 Å². The highest BCUT2D eigenvalue weighted by Crippen LogP contribution is 2.26. The number of benzene rings is 1. The predicted molar refractivity (Wildman–Crippen MR) is 70.2 cm³/mol. The summed E-state index contributed by atoms with van der Waals surface area (Å²) in [6.45, 7) is 5.74. The number of rotatable bonds is 4. The molecular weight excluding hydrogens is 230 g/mol. The Balaban J connectivity index is 2.08. The van der Waals surface area contributed by atoms with Crippen molar-refractivity contribution in [2.75, 3.05) is 33.9 Å². The van der Waals surface area contributed by atoms with E-state index in [0.717, 1.165) is 37.7 Å². The first kappa shape index (κ1) is 13.2. The van der Waals surface area contributed by atoms with Gasteiger partial charge in [0.15, 0.2) is 0 Å². The number of methoxy groups -OCH3 is 2. The second-order valence-electron chi connectivity index (χ2n) is 4.59. The first-order valence-corrected chi connectivity index (χ1v) is 6.27. The molecule has 1 atom stereocenters. The molecule has 1 aliphatic heterocycles. The van der Waals surface area contributed by atoms with Crippen LogP contribution in [-0.4, -0.2) is 44.9 Å². The normalized spacial score (nSPS) is 20.7. The Kier molecular flexibility index (Phi) is 4.44. The van der Waals surface area contributed by atoms with Crippen LogP contribution in [0.25, 0.3) is 0 Å². The predicted octanol–water partition coefficient (Wildman–Crippen LogP) is 1.92. The largest absolute Gasteiger partial charge is 0.497 e. The van der Waals surface area contributed by atoms with Gasteiger partial charge < -0.3 is 14.2 Å². The molecule has 4 heteroatoms. The van der Waals surface area contributed by atoms with Crippen LogP contribution >= 0.6 is 0 Å². The number of hydrogen-bond acceptors (Lipinski definition) is 4. The third-order valence-electron chi connectivity index (χ3n) is 3.21. The Morgan fingerprint density at radius 2 is 2.17 bits per heavy atom. The van der Waals surface area contributed by atoms with Crippen molar-refractivity contribution in [2.24, 2.45) is 0 Å². The fourth-order valence-corrected chi connectivity index (χ4v) is 2.26. The molecule has 1 aromatic carbocycles. The van der Waals surface area contributed by atoms with Gasteiger partial charge in [0.2, 0.25) is 0 Å². The summed E-state index contributed by atoms with van der Waals surface area (Å²) >= 11 is 0. The van der Waals surface area contributed by atoms with E-state index >= 15 is 0 Å². The molecule has 0 amide bonds. The minimum Gasteiger partial charge on any atom is -0.497 e. The van der Waals surface area contributed by atoms with Crippen molar-refractivity contribution in [3.63, 3.8) is 0 Å². The molecule has 0 aromatic heterocycles. The van der Waals surface area contributed by atoms with E-state index in [4.69, 9.17) is 14.2 Å². The maximum Gasteiger partial charge on any atom is 0.127 e. The van der Waals surface area contributed by atoms with Gasteiger partial charge in [-0.15, -0.1) is 0 Å². The van der Waals surface area contributed by atoms with Crippen molar-refractivity contribution in [3.05, 3.63) is 23.8 Å². The second kappa shape index (κ2) is 6.07. The summed E-state index contributed by atoms with van der Waals surface area (Å²) in [6.07, 6.45) is 0.308. The molecule has 1 saturated heterocycles. The summed E-state index contributed by atoms with van der Waals surface area (Å²) in [6, 6.07) is 5.97. The lowest BCUT2D eigenvalue weighted by Crippen LogP contribution is -2.40. The molecule has 1 unspecified atom stereocenters. The Morgan fingerprint density at radius 3 is 2.83 bits per heavy atom. The fraction of sp³-hybridized carbons (Fsp3) is 0.571. The molecule has 4 nitrogen and oxygen atoms in total.